The first-order chi connectivity index (χ1) is 4.83. The van der Waals surface area contributed by atoms with Crippen molar-refractivity contribution in [3.63, 3.8) is 0 Å². The van der Waals surface area contributed by atoms with Crippen LogP contribution in [0.4, 0.5) is 0 Å². The Kier molecular flexibility index (Phi) is 18.0. The molecule has 0 unspecified atom stereocenters. The van der Waals surface area contributed by atoms with Gasteiger partial charge in [0.1, 0.15) is 0 Å². The summed E-state index contributed by atoms with van der Waals surface area (Å²) in [6.45, 7) is 2.49. The van der Waals surface area contributed by atoms with Gasteiger partial charge in [0.05, 0.1) is 0 Å². The molecule has 0 fully saturated rings. The Bertz CT molecular complexity index is 129. The average molecular weight is 143 g/mol. The van der Waals surface area contributed by atoms with Gasteiger partial charge in [0.25, 0.3) is 0 Å². The van der Waals surface area contributed by atoms with Crippen LogP contribution in [0.2, 0.25) is 0 Å². The Morgan fingerprint density at radius 3 is 1.80 bits per heavy atom. The molecular formula is C5H9N3O2. The van der Waals surface area contributed by atoms with E-state index in [1.165, 1.54) is 12.2 Å². The molecule has 0 saturated carbocycles. The van der Waals surface area contributed by atoms with Crippen LogP contribution in [0.25, 0.3) is 0 Å². The summed E-state index contributed by atoms with van der Waals surface area (Å²) in [5, 5.41) is 0. The topological polar surface area (TPSA) is 84.9 Å². The van der Waals surface area contributed by atoms with E-state index in [-0.39, 0.29) is 6.67 Å². The fourth-order valence-electron chi connectivity index (χ4n) is 0.0931. The third kappa shape index (κ3) is 29.7. The predicted molar refractivity (Wildman–Crippen MR) is 35.8 cm³/mol. The number of nitrogens with two attached hydrogens (primary N) is 1. The Morgan fingerprint density at radius 1 is 1.30 bits per heavy atom. The zero-order valence-electron chi connectivity index (χ0n) is 5.70. The molecule has 0 aliphatic heterocycles. The monoisotopic (exact) mass is 143 g/mol. The van der Waals surface area contributed by atoms with Gasteiger partial charge in [-0.1, -0.05) is 6.92 Å². The first-order valence-electron chi connectivity index (χ1n) is 2.60. The van der Waals surface area contributed by atoms with Crippen molar-refractivity contribution in [2.75, 3.05) is 13.2 Å². The SMILES string of the molecule is CCN.O=C=NCN=C=O. The second kappa shape index (κ2) is 15.6. The number of carbonyl (C=O) groups excluding carboxylic acids is 2. The zero-order valence-corrected chi connectivity index (χ0v) is 5.70. The van der Waals surface area contributed by atoms with Gasteiger partial charge in [-0.05, 0) is 6.54 Å². The predicted octanol–water partition coefficient (Wildman–Crippen LogP) is -0.419. The fraction of sp³-hybridized carbons (Fsp3) is 0.600. The first kappa shape index (κ1) is 11.5. The maximum atomic E-state index is 9.20. The molecule has 0 rings (SSSR count). The van der Waals surface area contributed by atoms with Crippen molar-refractivity contribution in [2.45, 2.75) is 6.92 Å². The lowest BCUT2D eigenvalue weighted by Gasteiger charge is -1.63. The Hall–Kier alpha value is -1.28. The highest BCUT2D eigenvalue weighted by Crippen LogP contribution is 1.61. The number of rotatable bonds is 2. The molecule has 10 heavy (non-hydrogen) atoms. The van der Waals surface area contributed by atoms with Crippen molar-refractivity contribution < 1.29 is 9.59 Å². The second-order valence-electron chi connectivity index (χ2n) is 1.05. The summed E-state index contributed by atoms with van der Waals surface area (Å²) in [7, 11) is 0. The molecule has 0 aromatic rings. The molecule has 0 spiro atoms. The van der Waals surface area contributed by atoms with Crippen LogP contribution in [0.5, 0.6) is 0 Å². The lowest BCUT2D eigenvalue weighted by molar-refractivity contribution is 0.560. The number of hydrogen-bond acceptors (Lipinski definition) is 5. The van der Waals surface area contributed by atoms with E-state index < -0.39 is 0 Å². The van der Waals surface area contributed by atoms with Crippen LogP contribution in [-0.2, 0) is 9.59 Å². The van der Waals surface area contributed by atoms with Gasteiger partial charge in [-0.3, -0.25) is 0 Å². The highest BCUT2D eigenvalue weighted by molar-refractivity contribution is 5.35. The molecule has 0 bridgehead atoms. The normalized spacial score (nSPS) is 5.80. The quantitative estimate of drug-likeness (QED) is 0.420. The van der Waals surface area contributed by atoms with E-state index in [1.807, 2.05) is 6.92 Å². The molecule has 56 valence electrons. The highest BCUT2D eigenvalue weighted by atomic mass is 16.1. The van der Waals surface area contributed by atoms with E-state index in [0.29, 0.717) is 0 Å². The molecule has 0 aromatic heterocycles. The number of nitrogens with zero attached hydrogens (tertiary/aromatic N) is 2. The van der Waals surface area contributed by atoms with Gasteiger partial charge in [-0.15, -0.1) is 0 Å². The third-order valence-electron chi connectivity index (χ3n) is 0.271. The van der Waals surface area contributed by atoms with E-state index in [9.17, 15) is 9.59 Å². The summed E-state index contributed by atoms with van der Waals surface area (Å²) in [6, 6.07) is 0. The van der Waals surface area contributed by atoms with Gasteiger partial charge in [0.2, 0.25) is 12.2 Å². The highest BCUT2D eigenvalue weighted by Gasteiger charge is 1.63. The standard InChI is InChI=1S/C3H2N2O2.C2H7N/c6-2-4-1-5-3-7;1-2-3/h1H2;2-3H2,1H3. The minimum absolute atomic E-state index is 0.160. The van der Waals surface area contributed by atoms with E-state index in [1.54, 1.807) is 0 Å². The van der Waals surface area contributed by atoms with Crippen molar-refractivity contribution in [2.24, 2.45) is 15.7 Å². The summed E-state index contributed by atoms with van der Waals surface area (Å²) in [5.74, 6) is 0. The van der Waals surface area contributed by atoms with Gasteiger partial charge in [-0.2, -0.15) is 9.98 Å². The summed E-state index contributed by atoms with van der Waals surface area (Å²) in [5.41, 5.74) is 4.85. The Morgan fingerprint density at radius 2 is 1.60 bits per heavy atom. The van der Waals surface area contributed by atoms with Crippen LogP contribution < -0.4 is 5.73 Å². The number of hydrogen-bond donors (Lipinski definition) is 1. The summed E-state index contributed by atoms with van der Waals surface area (Å²) >= 11 is 0. The molecule has 0 aliphatic carbocycles. The van der Waals surface area contributed by atoms with Gasteiger partial charge in [-0.25, -0.2) is 9.59 Å². The minimum Gasteiger partial charge on any atom is -0.331 e. The summed E-state index contributed by atoms with van der Waals surface area (Å²) in [4.78, 5) is 24.2. The van der Waals surface area contributed by atoms with Crippen LogP contribution in [0.15, 0.2) is 9.98 Å². The van der Waals surface area contributed by atoms with Gasteiger partial charge < -0.3 is 5.73 Å². The van der Waals surface area contributed by atoms with Crippen molar-refractivity contribution in [1.29, 1.82) is 0 Å². The molecule has 2 N–H and O–H groups in total. The molecule has 5 heteroatoms. The molecule has 0 radical (unpaired) electrons. The van der Waals surface area contributed by atoms with E-state index in [2.05, 4.69) is 9.98 Å². The Balaban J connectivity index is 0. The van der Waals surface area contributed by atoms with Crippen LogP contribution in [-0.4, -0.2) is 25.4 Å². The van der Waals surface area contributed by atoms with E-state index >= 15 is 0 Å². The smallest absolute Gasteiger partial charge is 0.236 e. The van der Waals surface area contributed by atoms with Crippen LogP contribution >= 0.6 is 0 Å². The number of isocyanates is 2. The molecule has 0 atom stereocenters. The molecule has 0 heterocycles. The molecular weight excluding hydrogens is 134 g/mol. The van der Waals surface area contributed by atoms with E-state index in [0.717, 1.165) is 6.54 Å². The molecule has 0 aliphatic rings. The largest absolute Gasteiger partial charge is 0.331 e. The summed E-state index contributed by atoms with van der Waals surface area (Å²) in [6.07, 6.45) is 2.41. The second-order valence-corrected chi connectivity index (χ2v) is 1.05. The maximum absolute atomic E-state index is 9.20. The van der Waals surface area contributed by atoms with Gasteiger partial charge in [0, 0.05) is 0 Å². The first-order valence-corrected chi connectivity index (χ1v) is 2.60. The van der Waals surface area contributed by atoms with Crippen molar-refractivity contribution >= 4 is 12.2 Å². The minimum atomic E-state index is -0.160. The number of aliphatic imine (C=N–C) groups is 2. The van der Waals surface area contributed by atoms with Gasteiger partial charge in [0.15, 0.2) is 6.67 Å². The van der Waals surface area contributed by atoms with Gasteiger partial charge >= 0.3 is 0 Å². The van der Waals surface area contributed by atoms with E-state index in [4.69, 9.17) is 5.73 Å². The van der Waals surface area contributed by atoms with Crippen LogP contribution in [0.1, 0.15) is 6.92 Å². The summed E-state index contributed by atoms with van der Waals surface area (Å²) < 4.78 is 0. The third-order valence-corrected chi connectivity index (χ3v) is 0.271. The average Bonchev–Trinajstić information content (AvgIpc) is 1.91. The molecule has 0 saturated heterocycles. The lowest BCUT2D eigenvalue weighted by Crippen LogP contribution is -1.87. The fourth-order valence-corrected chi connectivity index (χ4v) is 0.0931. The molecule has 0 aromatic carbocycles. The molecule has 5 nitrogen and oxygen atoms in total. The molecule has 0 amide bonds. The van der Waals surface area contributed by atoms with Crippen molar-refractivity contribution in [1.82, 2.24) is 0 Å². The van der Waals surface area contributed by atoms with Crippen LogP contribution in [0, 0.1) is 0 Å². The van der Waals surface area contributed by atoms with Crippen molar-refractivity contribution in [3.05, 3.63) is 0 Å². The van der Waals surface area contributed by atoms with Crippen LogP contribution in [0.3, 0.4) is 0 Å². The maximum Gasteiger partial charge on any atom is 0.236 e. The van der Waals surface area contributed by atoms with Crippen molar-refractivity contribution in [3.8, 4) is 0 Å². The lowest BCUT2D eigenvalue weighted by atomic mass is 10.8. The zero-order chi connectivity index (χ0) is 8.24. The Labute approximate surface area is 58.7 Å².